The Morgan fingerprint density at radius 2 is 1.21 bits per heavy atom. The average molecular weight is 1020 g/mol. The molecular weight excluding hydrogens is 977 g/mol. The van der Waals surface area contributed by atoms with Gasteiger partial charge in [0, 0.05) is 96.4 Å². The third-order valence-electron chi connectivity index (χ3n) is 17.0. The van der Waals surface area contributed by atoms with E-state index in [0.29, 0.717) is 0 Å². The zero-order valence-corrected chi connectivity index (χ0v) is 42.8. The number of nitrogens with zero attached hydrogens (tertiary/aromatic N) is 4. The Bertz CT molecular complexity index is 4820. The first-order valence-electron chi connectivity index (χ1n) is 26.4. The van der Waals surface area contributed by atoms with Gasteiger partial charge in [0.2, 0.25) is 17.1 Å². The fourth-order valence-electron chi connectivity index (χ4n) is 13.9. The van der Waals surface area contributed by atoms with Crippen LogP contribution in [0.5, 0.6) is 0 Å². The maximum Gasteiger partial charge on any atom is 0.228 e. The summed E-state index contributed by atoms with van der Waals surface area (Å²) in [5.41, 5.74) is 21.3. The smallest absolute Gasteiger partial charge is 0.228 e. The van der Waals surface area contributed by atoms with Crippen LogP contribution in [0.15, 0.2) is 272 Å². The van der Waals surface area contributed by atoms with Crippen LogP contribution in [0.4, 0.5) is 28.4 Å². The van der Waals surface area contributed by atoms with Crippen molar-refractivity contribution in [1.29, 1.82) is 0 Å². The molecule has 10 aromatic rings. The summed E-state index contributed by atoms with van der Waals surface area (Å²) in [6, 6.07) is 45.2. The number of thioether (sulfide) groups is 1. The first kappa shape index (κ1) is 42.2. The molecule has 7 heteroatoms. The second-order valence-corrected chi connectivity index (χ2v) is 23.1. The maximum absolute atomic E-state index is 7.21. The van der Waals surface area contributed by atoms with E-state index in [-0.39, 0.29) is 17.1 Å². The number of pyridine rings is 2. The van der Waals surface area contributed by atoms with Crippen molar-refractivity contribution >= 4 is 113 Å². The largest absolute Gasteiger partial charge is 0.456 e. The number of aromatic nitrogens is 2. The Hall–Kier alpha value is -9.01. The predicted molar refractivity (Wildman–Crippen MR) is 319 cm³/mol. The number of allylic oxidation sites excluding steroid dienone is 17. The molecule has 2 aliphatic heterocycles. The molecular formula is C70H41N4OS2+. The lowest BCUT2D eigenvalue weighted by molar-refractivity contribution is 0.571. The van der Waals surface area contributed by atoms with Gasteiger partial charge in [-0.15, -0.1) is 11.8 Å². The van der Waals surface area contributed by atoms with Gasteiger partial charge in [0.25, 0.3) is 0 Å². The third kappa shape index (κ3) is 5.85. The molecule has 0 fully saturated rings. The summed E-state index contributed by atoms with van der Waals surface area (Å²) < 4.78 is 9.76. The molecule has 0 spiro atoms. The summed E-state index contributed by atoms with van der Waals surface area (Å²) >= 11 is 3.77. The Balaban J connectivity index is 0.932. The summed E-state index contributed by atoms with van der Waals surface area (Å²) in [5, 5.41) is 9.61. The fraction of sp³-hybridized carbons (Fsp3) is 0.0429. The molecule has 0 radical (unpaired) electrons. The molecule has 7 aromatic carbocycles. The van der Waals surface area contributed by atoms with Crippen LogP contribution in [0.25, 0.3) is 77.2 Å². The van der Waals surface area contributed by atoms with Crippen molar-refractivity contribution in [1.82, 2.24) is 14.5 Å². The summed E-state index contributed by atoms with van der Waals surface area (Å²) in [6.45, 7) is 0. The fourth-order valence-corrected chi connectivity index (χ4v) is 16.2. The standard InChI is InChI=1S/C70H41N4OS2/c1-4-23-62-54(20-1)73(55-21-2-5-24-63(55)76-62)57-32-50(40-14-10-30-71-37-40)45-27-29-48-58(33-51(41-15-11-31-72-38-41)46-26-28-47(57)69(45)70(46)48)74-56-22-3-6-25-64(56)77-65-35-53-60(36-59(65)74)75-61-34-52-44-17-8-13-39-12-7-16-42(66(39)44)43-18-9-19-49(67(43)52)68(53)61/h1-38,64,66-67H/q+1. The van der Waals surface area contributed by atoms with Gasteiger partial charge in [0.1, 0.15) is 16.2 Å². The van der Waals surface area contributed by atoms with Crippen molar-refractivity contribution in [3.63, 3.8) is 0 Å². The molecule has 3 unspecified atom stereocenters. The Kier molecular flexibility index (Phi) is 8.65. The van der Waals surface area contributed by atoms with Crippen molar-refractivity contribution in [2.45, 2.75) is 19.9 Å². The van der Waals surface area contributed by atoms with E-state index in [1.165, 1.54) is 103 Å². The minimum absolute atomic E-state index is 0.0792. The van der Waals surface area contributed by atoms with Gasteiger partial charge in [-0.3, -0.25) is 9.97 Å². The number of furan rings is 1. The van der Waals surface area contributed by atoms with Crippen molar-refractivity contribution in [3.05, 3.63) is 264 Å². The minimum atomic E-state index is 0.0792. The van der Waals surface area contributed by atoms with Crippen molar-refractivity contribution in [2.24, 2.45) is 11.8 Å². The third-order valence-corrected chi connectivity index (χ3v) is 19.4. The van der Waals surface area contributed by atoms with Gasteiger partial charge in [0.15, 0.2) is 0 Å². The van der Waals surface area contributed by atoms with E-state index in [1.807, 2.05) is 48.3 Å². The van der Waals surface area contributed by atoms with E-state index >= 15 is 0 Å². The van der Waals surface area contributed by atoms with Crippen molar-refractivity contribution < 1.29 is 4.42 Å². The summed E-state index contributed by atoms with van der Waals surface area (Å²) in [6.07, 6.45) is 39.8. The zero-order chi connectivity index (χ0) is 50.0. The SMILES string of the molecule is C1=CC2=CC=CC3=C4C=c5oc6cc7c(cc6c5=C5C=CC=C(C(=C1)C23)C45)SC1C=CC=CC1=[N+]7c1cc(-c2cccnc2)c2ccc3c(N4c5ccccc5Sc5ccccc54)cc(-c4cccnc4)c4ccc1c2c43. The van der Waals surface area contributed by atoms with Crippen LogP contribution in [0.1, 0.15) is 0 Å². The molecule has 358 valence electrons. The maximum atomic E-state index is 7.21. The lowest BCUT2D eigenvalue weighted by Crippen LogP contribution is -2.37. The molecule has 0 bridgehead atoms. The highest BCUT2D eigenvalue weighted by atomic mass is 32.2. The number of rotatable bonds is 4. The lowest BCUT2D eigenvalue weighted by atomic mass is 9.61. The van der Waals surface area contributed by atoms with E-state index in [4.69, 9.17) is 14.4 Å². The molecule has 0 saturated carbocycles. The Morgan fingerprint density at radius 1 is 0.519 bits per heavy atom. The molecule has 0 saturated heterocycles. The second-order valence-electron chi connectivity index (χ2n) is 20.9. The average Bonchev–Trinajstić information content (AvgIpc) is 3.92. The normalized spacial score (nSPS) is 19.9. The Morgan fingerprint density at radius 3 is 1.99 bits per heavy atom. The van der Waals surface area contributed by atoms with Crippen LogP contribution in [0, 0.1) is 11.8 Å². The van der Waals surface area contributed by atoms with Gasteiger partial charge in [-0.2, -0.15) is 4.58 Å². The number of fused-ring (bicyclic) bond motifs is 8. The Labute approximate surface area is 451 Å². The van der Waals surface area contributed by atoms with Crippen LogP contribution in [-0.4, -0.2) is 20.9 Å². The molecule has 8 aliphatic rings. The minimum Gasteiger partial charge on any atom is -0.456 e. The summed E-state index contributed by atoms with van der Waals surface area (Å²) in [5.74, 6) is 0.386. The van der Waals surface area contributed by atoms with Gasteiger partial charge in [-0.25, -0.2) is 0 Å². The number of hydrogen-bond acceptors (Lipinski definition) is 6. The molecule has 3 atom stereocenters. The molecule has 5 heterocycles. The molecule has 3 aromatic heterocycles. The zero-order valence-electron chi connectivity index (χ0n) is 41.2. The van der Waals surface area contributed by atoms with Crippen LogP contribution in [-0.2, 0) is 0 Å². The number of benzene rings is 7. The highest BCUT2D eigenvalue weighted by molar-refractivity contribution is 8.01. The predicted octanol–water partition coefficient (Wildman–Crippen LogP) is 16.2. The molecule has 5 nitrogen and oxygen atoms in total. The highest BCUT2D eigenvalue weighted by Crippen LogP contribution is 2.57. The topological polar surface area (TPSA) is 45.2 Å². The van der Waals surface area contributed by atoms with Gasteiger partial charge < -0.3 is 9.32 Å². The number of para-hydroxylation sites is 2. The number of hydrogen-bond donors (Lipinski definition) is 0. The van der Waals surface area contributed by atoms with Crippen molar-refractivity contribution in [2.75, 3.05) is 4.90 Å². The first-order chi connectivity index (χ1) is 38.2. The quantitative estimate of drug-likeness (QED) is 0.129. The van der Waals surface area contributed by atoms with Crippen molar-refractivity contribution in [3.8, 4) is 22.3 Å². The molecule has 6 aliphatic carbocycles. The van der Waals surface area contributed by atoms with E-state index < -0.39 is 0 Å². The van der Waals surface area contributed by atoms with E-state index in [2.05, 4.69) is 216 Å². The highest BCUT2D eigenvalue weighted by Gasteiger charge is 2.43. The number of anilines is 3. The van der Waals surface area contributed by atoms with E-state index in [1.54, 1.807) is 0 Å². The summed E-state index contributed by atoms with van der Waals surface area (Å²) in [4.78, 5) is 15.6. The van der Waals surface area contributed by atoms with E-state index in [9.17, 15) is 0 Å². The molecule has 0 amide bonds. The van der Waals surface area contributed by atoms with Gasteiger partial charge in [-0.05, 0) is 116 Å². The monoisotopic (exact) mass is 1020 g/mol. The van der Waals surface area contributed by atoms with Crippen LogP contribution >= 0.6 is 23.5 Å². The second kappa shape index (κ2) is 15.8. The lowest BCUT2D eigenvalue weighted by Gasteiger charge is -2.41. The molecule has 77 heavy (non-hydrogen) atoms. The molecule has 0 N–H and O–H groups in total. The van der Waals surface area contributed by atoms with Gasteiger partial charge in [-0.1, -0.05) is 139 Å². The van der Waals surface area contributed by atoms with Gasteiger partial charge in [0.05, 0.1) is 33.4 Å². The molecule has 18 rings (SSSR count). The van der Waals surface area contributed by atoms with E-state index in [0.717, 1.165) is 55.7 Å². The van der Waals surface area contributed by atoms with Crippen LogP contribution < -0.4 is 20.1 Å². The van der Waals surface area contributed by atoms with Gasteiger partial charge >= 0.3 is 0 Å². The van der Waals surface area contributed by atoms with Crippen LogP contribution in [0.3, 0.4) is 0 Å². The first-order valence-corrected chi connectivity index (χ1v) is 28.1. The van der Waals surface area contributed by atoms with Crippen LogP contribution in [0.2, 0.25) is 0 Å². The summed E-state index contributed by atoms with van der Waals surface area (Å²) in [7, 11) is 0.